The molecule has 36 heavy (non-hydrogen) atoms. The number of carbonyl (C=O) groups is 2. The molecule has 1 amide bonds. The van der Waals surface area contributed by atoms with Crippen molar-refractivity contribution in [2.45, 2.75) is 45.2 Å². The van der Waals surface area contributed by atoms with Gasteiger partial charge in [0.25, 0.3) is 5.91 Å². The molecule has 5 N–H and O–H groups in total. The summed E-state index contributed by atoms with van der Waals surface area (Å²) in [5, 5.41) is 9.44. The van der Waals surface area contributed by atoms with Gasteiger partial charge in [0.1, 0.15) is 11.0 Å². The third-order valence-corrected chi connectivity index (χ3v) is 7.02. The van der Waals surface area contributed by atoms with Crippen molar-refractivity contribution in [2.24, 2.45) is 0 Å². The Kier molecular flexibility index (Phi) is 9.15. The molecule has 1 aliphatic rings. The zero-order chi connectivity index (χ0) is 26.6. The van der Waals surface area contributed by atoms with Gasteiger partial charge in [-0.2, -0.15) is 0 Å². The summed E-state index contributed by atoms with van der Waals surface area (Å²) in [5.74, 6) is -1.12. The summed E-state index contributed by atoms with van der Waals surface area (Å²) < 4.78 is 0. The summed E-state index contributed by atoms with van der Waals surface area (Å²) >= 11 is 12.1. The average molecular weight is 539 g/mol. The molecule has 0 saturated carbocycles. The van der Waals surface area contributed by atoms with E-state index in [-0.39, 0.29) is 39.6 Å². The molecule has 11 nitrogen and oxygen atoms in total. The van der Waals surface area contributed by atoms with Gasteiger partial charge in [0.15, 0.2) is 22.5 Å². The first-order valence-electron chi connectivity index (χ1n) is 11.8. The highest BCUT2D eigenvalue weighted by molar-refractivity contribution is 6.32. The highest BCUT2D eigenvalue weighted by Crippen LogP contribution is 2.27. The maximum atomic E-state index is 13.0. The first-order valence-corrected chi connectivity index (χ1v) is 12.6. The number of halogens is 2. The largest absolute Gasteiger partial charge is 0.476 e. The third kappa shape index (κ3) is 6.08. The first-order chi connectivity index (χ1) is 17.1. The van der Waals surface area contributed by atoms with Crippen molar-refractivity contribution in [3.8, 4) is 0 Å². The van der Waals surface area contributed by atoms with Gasteiger partial charge in [-0.25, -0.2) is 19.7 Å². The number of likely N-dealkylation sites (tertiary alicyclic amines) is 1. The van der Waals surface area contributed by atoms with E-state index in [1.54, 1.807) is 17.0 Å². The fourth-order valence-electron chi connectivity index (χ4n) is 4.71. The van der Waals surface area contributed by atoms with Gasteiger partial charge in [0, 0.05) is 38.8 Å². The van der Waals surface area contributed by atoms with Crippen LogP contribution >= 0.6 is 23.2 Å². The van der Waals surface area contributed by atoms with Crippen molar-refractivity contribution in [3.63, 3.8) is 0 Å². The Morgan fingerprint density at radius 2 is 1.81 bits per heavy atom. The number of carboxylic acids is 1. The summed E-state index contributed by atoms with van der Waals surface area (Å²) in [6.45, 7) is 6.88. The predicted molar refractivity (Wildman–Crippen MR) is 141 cm³/mol. The van der Waals surface area contributed by atoms with Crippen molar-refractivity contribution >= 4 is 52.5 Å². The summed E-state index contributed by atoms with van der Waals surface area (Å²) in [5.41, 5.74) is 11.7. The van der Waals surface area contributed by atoms with Gasteiger partial charge >= 0.3 is 5.97 Å². The lowest BCUT2D eigenvalue weighted by atomic mass is 9.99. The summed E-state index contributed by atoms with van der Waals surface area (Å²) in [4.78, 5) is 42.4. The molecule has 1 aliphatic heterocycles. The van der Waals surface area contributed by atoms with Crippen LogP contribution in [0.15, 0.2) is 12.1 Å². The van der Waals surface area contributed by atoms with Crippen molar-refractivity contribution in [3.05, 3.63) is 33.7 Å². The van der Waals surface area contributed by atoms with E-state index in [9.17, 15) is 14.7 Å². The van der Waals surface area contributed by atoms with Crippen molar-refractivity contribution in [1.29, 1.82) is 0 Å². The van der Waals surface area contributed by atoms with Crippen LogP contribution in [0.1, 0.15) is 54.0 Å². The van der Waals surface area contributed by atoms with Crippen molar-refractivity contribution in [1.82, 2.24) is 24.8 Å². The summed E-state index contributed by atoms with van der Waals surface area (Å²) in [6, 6.07) is 3.64. The number of rotatable bonds is 9. The van der Waals surface area contributed by atoms with E-state index in [0.717, 1.165) is 25.8 Å². The number of aromatic carboxylic acids is 1. The maximum absolute atomic E-state index is 13.0. The van der Waals surface area contributed by atoms with Crippen LogP contribution in [0.25, 0.3) is 0 Å². The van der Waals surface area contributed by atoms with Crippen LogP contribution in [0.5, 0.6) is 0 Å². The number of carboxylic acid groups (broad SMARTS) is 1. The SMILES string of the molecule is CCC(CN(C)c1nc(N)c(C(=O)O)nc1Cl)N(CC)C1CCN(C(=O)c2ccc(Cl)nc2N)CC1. The molecule has 0 radical (unpaired) electrons. The molecule has 1 atom stereocenters. The molecule has 3 rings (SSSR count). The second-order valence-electron chi connectivity index (χ2n) is 8.74. The molecule has 3 heterocycles. The lowest BCUT2D eigenvalue weighted by Crippen LogP contribution is -2.52. The van der Waals surface area contributed by atoms with Crippen LogP contribution in [0.3, 0.4) is 0 Å². The Hall–Kier alpha value is -2.89. The number of pyridine rings is 1. The van der Waals surface area contributed by atoms with Crippen LogP contribution < -0.4 is 16.4 Å². The van der Waals surface area contributed by atoms with Crippen LogP contribution in [0, 0.1) is 0 Å². The van der Waals surface area contributed by atoms with Gasteiger partial charge in [-0.05, 0) is 37.9 Å². The Morgan fingerprint density at radius 3 is 2.36 bits per heavy atom. The van der Waals surface area contributed by atoms with Crippen LogP contribution in [-0.4, -0.2) is 87.0 Å². The minimum absolute atomic E-state index is 0.00946. The molecule has 1 fully saturated rings. The standard InChI is InChI=1S/C23H32Cl2N8O3/c1-4-13(12-31(3)21-18(25)29-17(23(35)36)20(27)30-21)33(5-2)14-8-10-32(11-9-14)22(34)15-6-7-16(24)28-19(15)26/h6-7,13-14H,4-5,8-12H2,1-3H3,(H2,26,28)(H2,27,30)(H,35,36). The molecule has 0 bridgehead atoms. The van der Waals surface area contributed by atoms with Crippen LogP contribution in [0.2, 0.25) is 10.3 Å². The number of anilines is 3. The molecular formula is C23H32Cl2N8O3. The lowest BCUT2D eigenvalue weighted by Gasteiger charge is -2.43. The highest BCUT2D eigenvalue weighted by Gasteiger charge is 2.31. The Balaban J connectivity index is 1.67. The number of nitrogens with two attached hydrogens (primary N) is 2. The number of aromatic nitrogens is 3. The van der Waals surface area contributed by atoms with E-state index in [2.05, 4.69) is 33.7 Å². The van der Waals surface area contributed by atoms with Gasteiger partial charge in [0.05, 0.1) is 5.56 Å². The molecule has 2 aromatic heterocycles. The number of likely N-dealkylation sites (N-methyl/N-ethyl adjacent to an activating group) is 2. The predicted octanol–water partition coefficient (Wildman–Crippen LogP) is 2.88. The number of carbonyl (C=O) groups excluding carboxylic acids is 1. The van der Waals surface area contributed by atoms with E-state index in [0.29, 0.717) is 37.1 Å². The molecule has 0 aromatic carbocycles. The number of amides is 1. The van der Waals surface area contributed by atoms with E-state index in [1.807, 2.05) is 11.9 Å². The normalized spacial score (nSPS) is 15.2. The average Bonchev–Trinajstić information content (AvgIpc) is 2.84. The maximum Gasteiger partial charge on any atom is 0.358 e. The molecule has 13 heteroatoms. The molecule has 0 spiro atoms. The minimum atomic E-state index is -1.28. The number of nitrogen functional groups attached to an aromatic ring is 2. The monoisotopic (exact) mass is 538 g/mol. The van der Waals surface area contributed by atoms with Gasteiger partial charge in [-0.15, -0.1) is 0 Å². The number of nitrogens with zero attached hydrogens (tertiary/aromatic N) is 6. The van der Waals surface area contributed by atoms with E-state index >= 15 is 0 Å². The van der Waals surface area contributed by atoms with Gasteiger partial charge in [0.2, 0.25) is 0 Å². The Bertz CT molecular complexity index is 1110. The Morgan fingerprint density at radius 1 is 1.14 bits per heavy atom. The topological polar surface area (TPSA) is 155 Å². The molecule has 1 saturated heterocycles. The van der Waals surface area contributed by atoms with Crippen LogP contribution in [-0.2, 0) is 0 Å². The smallest absolute Gasteiger partial charge is 0.358 e. The first kappa shape index (κ1) is 27.7. The molecule has 2 aromatic rings. The lowest BCUT2D eigenvalue weighted by molar-refractivity contribution is 0.0548. The van der Waals surface area contributed by atoms with Gasteiger partial charge < -0.3 is 26.4 Å². The zero-order valence-corrected chi connectivity index (χ0v) is 22.1. The molecule has 1 unspecified atom stereocenters. The second-order valence-corrected chi connectivity index (χ2v) is 9.49. The fraction of sp³-hybridized carbons (Fsp3) is 0.522. The third-order valence-electron chi connectivity index (χ3n) is 6.56. The van der Waals surface area contributed by atoms with E-state index < -0.39 is 5.97 Å². The van der Waals surface area contributed by atoms with Gasteiger partial charge in [-0.1, -0.05) is 37.0 Å². The minimum Gasteiger partial charge on any atom is -0.476 e. The van der Waals surface area contributed by atoms with Crippen molar-refractivity contribution in [2.75, 3.05) is 49.6 Å². The zero-order valence-electron chi connectivity index (χ0n) is 20.6. The number of piperidine rings is 1. The second kappa shape index (κ2) is 11.9. The summed E-state index contributed by atoms with van der Waals surface area (Å²) in [6.07, 6.45) is 2.51. The summed E-state index contributed by atoms with van der Waals surface area (Å²) in [7, 11) is 1.83. The fourth-order valence-corrected chi connectivity index (χ4v) is 5.13. The number of hydrogen-bond donors (Lipinski definition) is 3. The molecular weight excluding hydrogens is 507 g/mol. The highest BCUT2D eigenvalue weighted by atomic mass is 35.5. The van der Waals surface area contributed by atoms with Crippen LogP contribution in [0.4, 0.5) is 17.5 Å². The van der Waals surface area contributed by atoms with E-state index in [4.69, 9.17) is 34.7 Å². The van der Waals surface area contributed by atoms with E-state index in [1.165, 1.54) is 0 Å². The number of hydrogen-bond acceptors (Lipinski definition) is 9. The quantitative estimate of drug-likeness (QED) is 0.405. The van der Waals surface area contributed by atoms with Gasteiger partial charge in [-0.3, -0.25) is 9.69 Å². The molecule has 0 aliphatic carbocycles. The van der Waals surface area contributed by atoms with Crippen molar-refractivity contribution < 1.29 is 14.7 Å². The Labute approximate surface area is 220 Å². The molecule has 196 valence electrons.